The second-order valence-electron chi connectivity index (χ2n) is 3.42. The van der Waals surface area contributed by atoms with Gasteiger partial charge in [0.1, 0.15) is 0 Å². The highest BCUT2D eigenvalue weighted by Gasteiger charge is 2.46. The van der Waals surface area contributed by atoms with Crippen LogP contribution in [0.4, 0.5) is 0 Å². The van der Waals surface area contributed by atoms with Crippen molar-refractivity contribution in [3.8, 4) is 0 Å². The highest BCUT2D eigenvalue weighted by molar-refractivity contribution is 6.53. The molecular formula is C6H18B2N4O2. The molecule has 1 fully saturated rings. The number of nitrogens with zero attached hydrogens (tertiary/aromatic N) is 4. The Balaban J connectivity index is 2.81. The van der Waals surface area contributed by atoms with Crippen molar-refractivity contribution >= 4 is 14.4 Å². The maximum absolute atomic E-state index is 5.36. The van der Waals surface area contributed by atoms with Gasteiger partial charge < -0.3 is 9.31 Å². The molecular weight excluding hydrogens is 182 g/mol. The van der Waals surface area contributed by atoms with Crippen molar-refractivity contribution in [2.75, 3.05) is 42.4 Å². The molecule has 0 atom stereocenters. The molecule has 0 spiro atoms. The fourth-order valence-electron chi connectivity index (χ4n) is 1.72. The molecule has 1 saturated heterocycles. The molecule has 0 aromatic heterocycles. The third-order valence-electron chi connectivity index (χ3n) is 2.70. The van der Waals surface area contributed by atoms with Crippen LogP contribution in [0.5, 0.6) is 0 Å². The first-order valence-corrected chi connectivity index (χ1v) is 4.51. The maximum atomic E-state index is 5.36. The Morgan fingerprint density at radius 2 is 0.857 bits per heavy atom. The van der Waals surface area contributed by atoms with E-state index in [0.29, 0.717) is 0 Å². The monoisotopic (exact) mass is 200 g/mol. The Morgan fingerprint density at radius 1 is 0.643 bits per heavy atom. The summed E-state index contributed by atoms with van der Waals surface area (Å²) in [6.07, 6.45) is 0. The topological polar surface area (TPSA) is 31.4 Å². The Morgan fingerprint density at radius 3 is 1.00 bits per heavy atom. The van der Waals surface area contributed by atoms with Gasteiger partial charge >= 0.3 is 14.4 Å². The van der Waals surface area contributed by atoms with Crippen LogP contribution in [0.25, 0.3) is 0 Å². The minimum atomic E-state index is -0.101. The van der Waals surface area contributed by atoms with Gasteiger partial charge in [-0.2, -0.15) is 0 Å². The van der Waals surface area contributed by atoms with E-state index < -0.39 is 0 Å². The van der Waals surface area contributed by atoms with Crippen LogP contribution in [-0.4, -0.2) is 76.5 Å². The average molecular weight is 200 g/mol. The molecule has 0 unspecified atom stereocenters. The zero-order valence-corrected chi connectivity index (χ0v) is 9.76. The first kappa shape index (κ1) is 12.0. The van der Waals surface area contributed by atoms with Crippen LogP contribution < -0.4 is 0 Å². The molecule has 1 rings (SSSR count). The molecule has 0 N–H and O–H groups in total. The van der Waals surface area contributed by atoms with Crippen molar-refractivity contribution in [2.45, 2.75) is 0 Å². The molecule has 0 radical (unpaired) electrons. The van der Waals surface area contributed by atoms with Crippen molar-refractivity contribution in [1.82, 2.24) is 19.7 Å². The average Bonchev–Trinajstić information content (AvgIpc) is 2.17. The Kier molecular flexibility index (Phi) is 3.94. The minimum absolute atomic E-state index is 0.101. The fraction of sp³-hybridized carbons (Fsp3) is 1.00. The lowest BCUT2D eigenvalue weighted by Crippen LogP contribution is -2.75. The molecule has 14 heavy (non-hydrogen) atoms. The Bertz CT molecular complexity index is 163. The van der Waals surface area contributed by atoms with Crippen LogP contribution in [0, 0.1) is 0 Å². The van der Waals surface area contributed by atoms with Gasteiger partial charge in [0.2, 0.25) is 0 Å². The minimum Gasteiger partial charge on any atom is -0.409 e. The summed E-state index contributed by atoms with van der Waals surface area (Å²) in [5.41, 5.74) is 0. The van der Waals surface area contributed by atoms with Gasteiger partial charge in [0, 0.05) is 14.2 Å². The van der Waals surface area contributed by atoms with Crippen molar-refractivity contribution in [3.63, 3.8) is 0 Å². The van der Waals surface area contributed by atoms with Crippen molar-refractivity contribution < 1.29 is 9.31 Å². The maximum Gasteiger partial charge on any atom is 0.505 e. The highest BCUT2D eigenvalue weighted by atomic mass is 16.5. The summed E-state index contributed by atoms with van der Waals surface area (Å²) in [6, 6.07) is 0. The van der Waals surface area contributed by atoms with Gasteiger partial charge in [0.15, 0.2) is 0 Å². The summed E-state index contributed by atoms with van der Waals surface area (Å²) in [4.78, 5) is 7.92. The van der Waals surface area contributed by atoms with Crippen molar-refractivity contribution in [3.05, 3.63) is 0 Å². The van der Waals surface area contributed by atoms with E-state index in [2.05, 4.69) is 0 Å². The van der Waals surface area contributed by atoms with Crippen LogP contribution in [-0.2, 0) is 9.31 Å². The molecule has 6 nitrogen and oxygen atoms in total. The summed E-state index contributed by atoms with van der Waals surface area (Å²) < 4.78 is 10.7. The second-order valence-corrected chi connectivity index (χ2v) is 3.42. The number of rotatable bonds is 2. The van der Waals surface area contributed by atoms with Gasteiger partial charge in [-0.25, -0.2) is 19.7 Å². The fourth-order valence-corrected chi connectivity index (χ4v) is 1.72. The van der Waals surface area contributed by atoms with E-state index >= 15 is 0 Å². The van der Waals surface area contributed by atoms with E-state index in [4.69, 9.17) is 9.31 Å². The highest BCUT2D eigenvalue weighted by Crippen LogP contribution is 2.14. The third kappa shape index (κ3) is 1.81. The van der Waals surface area contributed by atoms with Gasteiger partial charge in [-0.1, -0.05) is 0 Å². The summed E-state index contributed by atoms with van der Waals surface area (Å²) in [6.45, 7) is 0. The van der Waals surface area contributed by atoms with E-state index in [1.165, 1.54) is 0 Å². The summed E-state index contributed by atoms with van der Waals surface area (Å²) in [5.74, 6) is 0. The predicted octanol–water partition coefficient (Wildman–Crippen LogP) is -1.18. The second kappa shape index (κ2) is 4.61. The van der Waals surface area contributed by atoms with E-state index in [1.807, 2.05) is 47.9 Å². The molecule has 0 aromatic carbocycles. The summed E-state index contributed by atoms with van der Waals surface area (Å²) in [7, 11) is 11.0. The molecule has 80 valence electrons. The number of hydrogen-bond acceptors (Lipinski definition) is 6. The normalized spacial score (nSPS) is 23.6. The molecule has 0 aromatic rings. The standard InChI is InChI=1S/C6H18B2N4O2/c1-9-7(13-5)11(3)12(4)8(14-6)10(9)2/h1-6H3. The van der Waals surface area contributed by atoms with Gasteiger partial charge in [0.05, 0.1) is 0 Å². The molecule has 8 heteroatoms. The van der Waals surface area contributed by atoms with E-state index in [-0.39, 0.29) is 14.4 Å². The molecule has 0 aliphatic carbocycles. The molecule has 1 heterocycles. The summed E-state index contributed by atoms with van der Waals surface area (Å²) >= 11 is 0. The van der Waals surface area contributed by atoms with Gasteiger partial charge in [-0.15, -0.1) is 0 Å². The smallest absolute Gasteiger partial charge is 0.409 e. The van der Waals surface area contributed by atoms with Crippen LogP contribution in [0.3, 0.4) is 0 Å². The Labute approximate surface area is 86.6 Å². The first-order valence-electron chi connectivity index (χ1n) is 4.51. The van der Waals surface area contributed by atoms with E-state index in [1.54, 1.807) is 14.2 Å². The molecule has 1 aliphatic rings. The van der Waals surface area contributed by atoms with Crippen LogP contribution in [0.15, 0.2) is 0 Å². The lowest BCUT2D eigenvalue weighted by molar-refractivity contribution is 0.0133. The van der Waals surface area contributed by atoms with E-state index in [9.17, 15) is 0 Å². The zero-order valence-electron chi connectivity index (χ0n) is 9.76. The number of hydrogen-bond donors (Lipinski definition) is 0. The zero-order chi connectivity index (χ0) is 10.9. The van der Waals surface area contributed by atoms with Crippen molar-refractivity contribution in [2.24, 2.45) is 0 Å². The molecule has 0 bridgehead atoms. The van der Waals surface area contributed by atoms with Gasteiger partial charge in [0.25, 0.3) is 0 Å². The van der Waals surface area contributed by atoms with Gasteiger partial charge in [-0.3, -0.25) is 0 Å². The van der Waals surface area contributed by atoms with E-state index in [0.717, 1.165) is 0 Å². The first-order chi connectivity index (χ1) is 6.54. The Hall–Kier alpha value is -0.110. The largest absolute Gasteiger partial charge is 0.505 e. The molecule has 0 saturated carbocycles. The number of hydrazine groups is 2. The quantitative estimate of drug-likeness (QED) is 0.521. The lowest BCUT2D eigenvalue weighted by Gasteiger charge is -2.48. The lowest BCUT2D eigenvalue weighted by atomic mass is 9.88. The van der Waals surface area contributed by atoms with Crippen molar-refractivity contribution in [1.29, 1.82) is 0 Å². The molecule has 0 amide bonds. The van der Waals surface area contributed by atoms with Crippen LogP contribution >= 0.6 is 0 Å². The SMILES string of the molecule is COB1N(C)N(C)B(OC)N(C)N1C. The predicted molar refractivity (Wildman–Crippen MR) is 56.6 cm³/mol. The van der Waals surface area contributed by atoms with Crippen LogP contribution in [0.2, 0.25) is 0 Å². The summed E-state index contributed by atoms with van der Waals surface area (Å²) in [5, 5.41) is 0. The van der Waals surface area contributed by atoms with Crippen LogP contribution in [0.1, 0.15) is 0 Å². The van der Waals surface area contributed by atoms with Gasteiger partial charge in [-0.05, 0) is 28.2 Å². The third-order valence-corrected chi connectivity index (χ3v) is 2.70. The molecule has 1 aliphatic heterocycles.